The number of nitrogens with zero attached hydrogens (tertiary/aromatic N) is 5. The van der Waals surface area contributed by atoms with Gasteiger partial charge in [-0.15, -0.1) is 10.2 Å². The lowest BCUT2D eigenvalue weighted by molar-refractivity contribution is -0.117. The first-order chi connectivity index (χ1) is 14.5. The molecule has 0 spiro atoms. The van der Waals surface area contributed by atoms with Crippen LogP contribution in [0.3, 0.4) is 0 Å². The number of amides is 2. The molecule has 1 saturated heterocycles. The fourth-order valence-electron chi connectivity index (χ4n) is 3.88. The Balaban J connectivity index is 1.31. The molecule has 0 bridgehead atoms. The lowest BCUT2D eigenvalue weighted by Crippen LogP contribution is -2.39. The molecule has 2 aromatic heterocycles. The summed E-state index contributed by atoms with van der Waals surface area (Å²) in [5.74, 6) is 1.18. The Bertz CT molecular complexity index is 1050. The van der Waals surface area contributed by atoms with Crippen molar-refractivity contribution in [2.75, 3.05) is 39.0 Å². The first-order valence-corrected chi connectivity index (χ1v) is 10.1. The van der Waals surface area contributed by atoms with Gasteiger partial charge >= 0.3 is 0 Å². The van der Waals surface area contributed by atoms with E-state index < -0.39 is 0 Å². The zero-order valence-electron chi connectivity index (χ0n) is 17.3. The van der Waals surface area contributed by atoms with E-state index in [-0.39, 0.29) is 11.8 Å². The molecule has 1 aromatic carbocycles. The Morgan fingerprint density at radius 2 is 1.90 bits per heavy atom. The molecule has 2 amide bonds. The van der Waals surface area contributed by atoms with Crippen LogP contribution in [0.25, 0.3) is 5.65 Å². The summed E-state index contributed by atoms with van der Waals surface area (Å²) < 4.78 is 2.05. The highest BCUT2D eigenvalue weighted by atomic mass is 16.2. The third-order valence-corrected chi connectivity index (χ3v) is 5.46. The molecule has 0 atom stereocenters. The van der Waals surface area contributed by atoms with E-state index in [1.165, 1.54) is 4.90 Å². The Morgan fingerprint density at radius 3 is 2.67 bits per heavy atom. The van der Waals surface area contributed by atoms with E-state index in [4.69, 9.17) is 0 Å². The van der Waals surface area contributed by atoms with E-state index >= 15 is 0 Å². The largest absolute Gasteiger partial charge is 0.345 e. The van der Waals surface area contributed by atoms with Crippen LogP contribution in [0, 0.1) is 0 Å². The van der Waals surface area contributed by atoms with Crippen LogP contribution in [-0.2, 0) is 4.79 Å². The Kier molecular flexibility index (Phi) is 5.76. The summed E-state index contributed by atoms with van der Waals surface area (Å²) in [4.78, 5) is 28.3. The fraction of sp³-hybridized carbons (Fsp3) is 0.364. The van der Waals surface area contributed by atoms with E-state index in [2.05, 4.69) is 24.8 Å². The molecule has 30 heavy (non-hydrogen) atoms. The predicted molar refractivity (Wildman–Crippen MR) is 114 cm³/mol. The highest BCUT2D eigenvalue weighted by molar-refractivity contribution is 5.97. The minimum absolute atomic E-state index is 0.0733. The molecule has 1 aliphatic rings. The van der Waals surface area contributed by atoms with Crippen molar-refractivity contribution in [2.45, 2.75) is 18.8 Å². The molecule has 1 aliphatic heterocycles. The van der Waals surface area contributed by atoms with Gasteiger partial charge < -0.3 is 10.2 Å². The number of hydrogen-bond donors (Lipinski definition) is 1. The summed E-state index contributed by atoms with van der Waals surface area (Å²) in [6, 6.07) is 12.9. The quantitative estimate of drug-likeness (QED) is 0.703. The zero-order valence-corrected chi connectivity index (χ0v) is 17.3. The number of anilines is 1. The number of carbonyl (C=O) groups is 2. The van der Waals surface area contributed by atoms with Gasteiger partial charge in [-0.05, 0) is 56.3 Å². The average molecular weight is 406 g/mol. The third kappa shape index (κ3) is 4.33. The first-order valence-electron chi connectivity index (χ1n) is 10.1. The van der Waals surface area contributed by atoms with Gasteiger partial charge in [0, 0.05) is 37.5 Å². The monoisotopic (exact) mass is 406 g/mol. The minimum Gasteiger partial charge on any atom is -0.345 e. The van der Waals surface area contributed by atoms with E-state index in [1.807, 2.05) is 24.4 Å². The number of nitrogens with one attached hydrogen (secondary N) is 1. The molecule has 8 nitrogen and oxygen atoms in total. The molecule has 1 N–H and O–H groups in total. The zero-order chi connectivity index (χ0) is 21.1. The average Bonchev–Trinajstić information content (AvgIpc) is 3.18. The highest BCUT2D eigenvalue weighted by Crippen LogP contribution is 2.27. The van der Waals surface area contributed by atoms with Gasteiger partial charge in [0.05, 0.1) is 6.54 Å². The second kappa shape index (κ2) is 8.62. The third-order valence-electron chi connectivity index (χ3n) is 5.46. The summed E-state index contributed by atoms with van der Waals surface area (Å²) in [5.41, 5.74) is 2.06. The summed E-state index contributed by atoms with van der Waals surface area (Å²) in [7, 11) is 3.42. The number of fused-ring (bicyclic) bond motifs is 1. The van der Waals surface area contributed by atoms with Crippen LogP contribution in [-0.4, -0.2) is 69.9 Å². The Labute approximate surface area is 175 Å². The maximum Gasteiger partial charge on any atom is 0.253 e. The molecule has 8 heteroatoms. The van der Waals surface area contributed by atoms with Crippen LogP contribution < -0.4 is 5.32 Å². The van der Waals surface area contributed by atoms with Gasteiger partial charge in [0.25, 0.3) is 5.91 Å². The molecule has 0 aliphatic carbocycles. The second-order valence-corrected chi connectivity index (χ2v) is 7.87. The lowest BCUT2D eigenvalue weighted by atomic mass is 9.96. The number of hydrogen-bond acceptors (Lipinski definition) is 5. The van der Waals surface area contributed by atoms with Crippen LogP contribution in [0.1, 0.15) is 34.9 Å². The molecular formula is C22H26N6O2. The molecule has 0 unspecified atom stereocenters. The van der Waals surface area contributed by atoms with Crippen LogP contribution in [0.2, 0.25) is 0 Å². The van der Waals surface area contributed by atoms with Crippen molar-refractivity contribution in [2.24, 2.45) is 0 Å². The van der Waals surface area contributed by atoms with Crippen molar-refractivity contribution >= 4 is 23.1 Å². The van der Waals surface area contributed by atoms with E-state index in [0.29, 0.717) is 23.7 Å². The smallest absolute Gasteiger partial charge is 0.253 e. The van der Waals surface area contributed by atoms with Gasteiger partial charge in [0.1, 0.15) is 5.82 Å². The Hall–Kier alpha value is -3.26. The lowest BCUT2D eigenvalue weighted by Gasteiger charge is -2.30. The van der Waals surface area contributed by atoms with Crippen molar-refractivity contribution in [3.63, 3.8) is 0 Å². The van der Waals surface area contributed by atoms with Gasteiger partial charge in [-0.1, -0.05) is 12.1 Å². The molecule has 156 valence electrons. The van der Waals surface area contributed by atoms with Crippen molar-refractivity contribution in [3.05, 3.63) is 60.0 Å². The number of likely N-dealkylation sites (tertiary alicyclic amines) is 1. The molecule has 0 saturated carbocycles. The van der Waals surface area contributed by atoms with Gasteiger partial charge in [0.2, 0.25) is 5.91 Å². The fourth-order valence-corrected chi connectivity index (χ4v) is 3.88. The minimum atomic E-state index is -0.0887. The summed E-state index contributed by atoms with van der Waals surface area (Å²) in [5, 5.41) is 11.5. The normalized spacial score (nSPS) is 15.3. The van der Waals surface area contributed by atoms with Gasteiger partial charge in [-0.25, -0.2) is 0 Å². The standard InChI is InChI=1S/C22H26N6O2/c1-26(2)22(30)17-6-5-7-18(14-17)23-20(29)15-27-12-9-16(10-13-27)21-25-24-19-8-3-4-11-28(19)21/h3-8,11,14,16H,9-10,12-13,15H2,1-2H3,(H,23,29). The van der Waals surface area contributed by atoms with Crippen LogP contribution in [0.4, 0.5) is 5.69 Å². The van der Waals surface area contributed by atoms with Crippen molar-refractivity contribution in [3.8, 4) is 0 Å². The van der Waals surface area contributed by atoms with Crippen molar-refractivity contribution in [1.82, 2.24) is 24.4 Å². The van der Waals surface area contributed by atoms with Crippen molar-refractivity contribution < 1.29 is 9.59 Å². The molecule has 3 aromatic rings. The maximum absolute atomic E-state index is 12.5. The first kappa shape index (κ1) is 20.0. The molecule has 0 radical (unpaired) electrons. The number of rotatable bonds is 5. The number of aromatic nitrogens is 3. The molecule has 4 rings (SSSR count). The van der Waals surface area contributed by atoms with E-state index in [0.717, 1.165) is 37.4 Å². The molecule has 3 heterocycles. The Morgan fingerprint density at radius 1 is 1.10 bits per heavy atom. The number of piperidine rings is 1. The number of benzene rings is 1. The van der Waals surface area contributed by atoms with Crippen molar-refractivity contribution in [1.29, 1.82) is 0 Å². The maximum atomic E-state index is 12.5. The molecule has 1 fully saturated rings. The number of carbonyl (C=O) groups excluding carboxylic acids is 2. The van der Waals surface area contributed by atoms with Gasteiger partial charge in [-0.3, -0.25) is 18.9 Å². The SMILES string of the molecule is CN(C)C(=O)c1cccc(NC(=O)CN2CCC(c3nnc4ccccn34)CC2)c1. The van der Waals surface area contributed by atoms with Crippen LogP contribution in [0.15, 0.2) is 48.7 Å². The predicted octanol–water partition coefficient (Wildman–Crippen LogP) is 2.25. The van der Waals surface area contributed by atoms with Crippen LogP contribution >= 0.6 is 0 Å². The van der Waals surface area contributed by atoms with E-state index in [9.17, 15) is 9.59 Å². The summed E-state index contributed by atoms with van der Waals surface area (Å²) in [6.07, 6.45) is 3.88. The topological polar surface area (TPSA) is 82.8 Å². The highest BCUT2D eigenvalue weighted by Gasteiger charge is 2.25. The summed E-state index contributed by atoms with van der Waals surface area (Å²) >= 11 is 0. The summed E-state index contributed by atoms with van der Waals surface area (Å²) in [6.45, 7) is 2.00. The van der Waals surface area contributed by atoms with E-state index in [1.54, 1.807) is 38.4 Å². The van der Waals surface area contributed by atoms with Gasteiger partial charge in [-0.2, -0.15) is 0 Å². The number of pyridine rings is 1. The van der Waals surface area contributed by atoms with Gasteiger partial charge in [0.15, 0.2) is 5.65 Å². The van der Waals surface area contributed by atoms with Crippen LogP contribution in [0.5, 0.6) is 0 Å². The molecular weight excluding hydrogens is 380 g/mol. The second-order valence-electron chi connectivity index (χ2n) is 7.87.